The van der Waals surface area contributed by atoms with Gasteiger partial charge in [0.05, 0.1) is 0 Å². The van der Waals surface area contributed by atoms with E-state index < -0.39 is 0 Å². The van der Waals surface area contributed by atoms with Gasteiger partial charge in [-0.25, -0.2) is 4.74 Å². The van der Waals surface area contributed by atoms with Crippen LogP contribution in [0.1, 0.15) is 13.8 Å². The molecule has 6 heavy (non-hydrogen) atoms. The van der Waals surface area contributed by atoms with Gasteiger partial charge in [0.15, 0.2) is 0 Å². The standard InChI is InChI=1S/C4H9NO/c1-3-5(6)4-2/h3H,4H2,1-2H3/b5-3-. The first kappa shape index (κ1) is 5.47. The molecule has 0 saturated carbocycles. The molecule has 2 heteroatoms. The zero-order valence-electron chi connectivity index (χ0n) is 4.14. The highest BCUT2D eigenvalue weighted by Crippen LogP contribution is 1.61. The van der Waals surface area contributed by atoms with E-state index in [1.165, 1.54) is 6.21 Å². The Morgan fingerprint density at radius 1 is 1.83 bits per heavy atom. The van der Waals surface area contributed by atoms with Crippen LogP contribution >= 0.6 is 0 Å². The number of hydroxylamine groups is 1. The minimum Gasteiger partial charge on any atom is -0.624 e. The average Bonchev–Trinajstić information content (AvgIpc) is 1.65. The molecule has 0 saturated heterocycles. The molecule has 0 fully saturated rings. The third kappa shape index (κ3) is 1.76. The topological polar surface area (TPSA) is 26.1 Å². The Kier molecular flexibility index (Phi) is 2.46. The van der Waals surface area contributed by atoms with Crippen LogP contribution in [0.4, 0.5) is 0 Å². The van der Waals surface area contributed by atoms with Gasteiger partial charge in [-0.2, -0.15) is 0 Å². The van der Waals surface area contributed by atoms with Crippen molar-refractivity contribution in [1.82, 2.24) is 0 Å². The SMILES string of the molecule is C/C=[N+](\[O-])CC. The van der Waals surface area contributed by atoms with Crippen molar-refractivity contribution in [3.05, 3.63) is 5.21 Å². The minimum absolute atomic E-state index is 0.552. The Hall–Kier alpha value is -0.530. The molecule has 0 aliphatic heterocycles. The Morgan fingerprint density at radius 3 is 2.33 bits per heavy atom. The molecular formula is C4H9NO. The smallest absolute Gasteiger partial charge is 0.150 e. The van der Waals surface area contributed by atoms with E-state index in [2.05, 4.69) is 0 Å². The van der Waals surface area contributed by atoms with E-state index in [0.29, 0.717) is 6.54 Å². The molecule has 0 unspecified atom stereocenters. The molecule has 0 amide bonds. The lowest BCUT2D eigenvalue weighted by Gasteiger charge is -1.93. The lowest BCUT2D eigenvalue weighted by atomic mass is 10.7. The van der Waals surface area contributed by atoms with E-state index in [-0.39, 0.29) is 0 Å². The molecule has 0 bridgehead atoms. The van der Waals surface area contributed by atoms with E-state index in [1.54, 1.807) is 6.92 Å². The van der Waals surface area contributed by atoms with Gasteiger partial charge in [0.25, 0.3) is 0 Å². The van der Waals surface area contributed by atoms with Gasteiger partial charge >= 0.3 is 0 Å². The molecule has 0 rings (SSSR count). The van der Waals surface area contributed by atoms with E-state index >= 15 is 0 Å². The second-order valence-corrected chi connectivity index (χ2v) is 0.992. The lowest BCUT2D eigenvalue weighted by Crippen LogP contribution is -1.99. The maximum atomic E-state index is 10.0. The van der Waals surface area contributed by atoms with Crippen LogP contribution in [0.2, 0.25) is 0 Å². The first-order chi connectivity index (χ1) is 2.81. The van der Waals surface area contributed by atoms with Crippen LogP contribution in [-0.4, -0.2) is 17.5 Å². The van der Waals surface area contributed by atoms with Gasteiger partial charge in [-0.3, -0.25) is 0 Å². The molecule has 2 nitrogen and oxygen atoms in total. The molecule has 36 valence electrons. The van der Waals surface area contributed by atoms with Crippen molar-refractivity contribution >= 4 is 6.21 Å². The van der Waals surface area contributed by atoms with Gasteiger partial charge in [0.1, 0.15) is 12.8 Å². The third-order valence-corrected chi connectivity index (χ3v) is 0.600. The minimum atomic E-state index is 0.552. The van der Waals surface area contributed by atoms with Gasteiger partial charge in [-0.15, -0.1) is 0 Å². The van der Waals surface area contributed by atoms with Crippen LogP contribution in [0.15, 0.2) is 0 Å². The molecule has 0 aliphatic carbocycles. The first-order valence-corrected chi connectivity index (χ1v) is 2.04. The van der Waals surface area contributed by atoms with Crippen LogP contribution < -0.4 is 0 Å². The fourth-order valence-electron chi connectivity index (χ4n) is 0.183. The highest BCUT2D eigenvalue weighted by atomic mass is 16.5. The number of nitrogens with zero attached hydrogens (tertiary/aromatic N) is 1. The van der Waals surface area contributed by atoms with E-state index in [4.69, 9.17) is 0 Å². The van der Waals surface area contributed by atoms with Crippen molar-refractivity contribution in [2.45, 2.75) is 13.8 Å². The maximum absolute atomic E-state index is 10.0. The Morgan fingerprint density at radius 2 is 2.33 bits per heavy atom. The summed E-state index contributed by atoms with van der Waals surface area (Å²) < 4.78 is 0.875. The summed E-state index contributed by atoms with van der Waals surface area (Å²) in [5, 5.41) is 10.0. The van der Waals surface area contributed by atoms with Crippen molar-refractivity contribution < 1.29 is 4.74 Å². The summed E-state index contributed by atoms with van der Waals surface area (Å²) in [5.74, 6) is 0. The van der Waals surface area contributed by atoms with Crippen LogP contribution in [0.3, 0.4) is 0 Å². The van der Waals surface area contributed by atoms with Gasteiger partial charge < -0.3 is 5.21 Å². The van der Waals surface area contributed by atoms with Gasteiger partial charge in [-0.1, -0.05) is 0 Å². The Labute approximate surface area is 37.7 Å². The molecule has 0 aliphatic rings. The summed E-state index contributed by atoms with van der Waals surface area (Å²) >= 11 is 0. The molecule has 0 aromatic rings. The second-order valence-electron chi connectivity index (χ2n) is 0.992. The molecule has 0 N–H and O–H groups in total. The monoisotopic (exact) mass is 87.1 g/mol. The first-order valence-electron chi connectivity index (χ1n) is 2.04. The fraction of sp³-hybridized carbons (Fsp3) is 0.750. The second kappa shape index (κ2) is 2.69. The van der Waals surface area contributed by atoms with Crippen molar-refractivity contribution in [3.63, 3.8) is 0 Å². The highest BCUT2D eigenvalue weighted by molar-refractivity contribution is 5.46. The zero-order chi connectivity index (χ0) is 4.99. The lowest BCUT2D eigenvalue weighted by molar-refractivity contribution is -0.448. The highest BCUT2D eigenvalue weighted by Gasteiger charge is 1.72. The van der Waals surface area contributed by atoms with Crippen molar-refractivity contribution in [3.8, 4) is 0 Å². The molecule has 0 heterocycles. The van der Waals surface area contributed by atoms with Crippen LogP contribution in [-0.2, 0) is 0 Å². The predicted molar refractivity (Wildman–Crippen MR) is 25.9 cm³/mol. The summed E-state index contributed by atoms with van der Waals surface area (Å²) in [6.07, 6.45) is 1.50. The Bertz CT molecular complexity index is 58.6. The number of hydrogen-bond donors (Lipinski definition) is 0. The molecule has 0 aromatic carbocycles. The Balaban J connectivity index is 3.22. The molecule has 0 atom stereocenters. The van der Waals surface area contributed by atoms with E-state index in [1.807, 2.05) is 6.92 Å². The van der Waals surface area contributed by atoms with Crippen molar-refractivity contribution in [2.24, 2.45) is 0 Å². The van der Waals surface area contributed by atoms with Gasteiger partial charge in [-0.05, 0) is 6.92 Å². The summed E-state index contributed by atoms with van der Waals surface area (Å²) in [4.78, 5) is 0. The summed E-state index contributed by atoms with van der Waals surface area (Å²) in [5.41, 5.74) is 0. The fourth-order valence-corrected chi connectivity index (χ4v) is 0.183. The predicted octanol–water partition coefficient (Wildman–Crippen LogP) is 0.607. The molecule has 0 radical (unpaired) electrons. The van der Waals surface area contributed by atoms with Crippen LogP contribution in [0.25, 0.3) is 0 Å². The third-order valence-electron chi connectivity index (χ3n) is 0.600. The van der Waals surface area contributed by atoms with Crippen molar-refractivity contribution in [2.75, 3.05) is 6.54 Å². The maximum Gasteiger partial charge on any atom is 0.150 e. The molecular weight excluding hydrogens is 78.0 g/mol. The average molecular weight is 87.1 g/mol. The quantitative estimate of drug-likeness (QED) is 0.199. The van der Waals surface area contributed by atoms with Crippen LogP contribution in [0, 0.1) is 5.21 Å². The van der Waals surface area contributed by atoms with Gasteiger partial charge in [0.2, 0.25) is 0 Å². The van der Waals surface area contributed by atoms with Gasteiger partial charge in [0, 0.05) is 6.92 Å². The molecule has 0 aromatic heterocycles. The number of rotatable bonds is 1. The van der Waals surface area contributed by atoms with Crippen LogP contribution in [0.5, 0.6) is 0 Å². The molecule has 0 spiro atoms. The van der Waals surface area contributed by atoms with Crippen molar-refractivity contribution in [1.29, 1.82) is 0 Å². The number of hydrogen-bond acceptors (Lipinski definition) is 1. The summed E-state index contributed by atoms with van der Waals surface area (Å²) in [6.45, 7) is 4.08. The largest absolute Gasteiger partial charge is 0.624 e. The summed E-state index contributed by atoms with van der Waals surface area (Å²) in [6, 6.07) is 0. The normalized spacial score (nSPS) is 12.0. The summed E-state index contributed by atoms with van der Waals surface area (Å²) in [7, 11) is 0. The van der Waals surface area contributed by atoms with E-state index in [0.717, 1.165) is 4.74 Å². The zero-order valence-corrected chi connectivity index (χ0v) is 4.14. The van der Waals surface area contributed by atoms with E-state index in [9.17, 15) is 5.21 Å².